The summed E-state index contributed by atoms with van der Waals surface area (Å²) in [5.41, 5.74) is 0.430. The molecular weight excluding hydrogens is 172 g/mol. The van der Waals surface area contributed by atoms with E-state index >= 15 is 0 Å². The molecule has 0 bridgehead atoms. The summed E-state index contributed by atoms with van der Waals surface area (Å²) in [7, 11) is 2.94. The average Bonchev–Trinajstić information content (AvgIpc) is 2.16. The number of carbonyl (C=O) groups excluding carboxylic acids is 1. The van der Waals surface area contributed by atoms with Gasteiger partial charge in [-0.05, 0) is 0 Å². The fourth-order valence-electron chi connectivity index (χ4n) is 0.686. The standard InChI is InChI=1S/C9H16O4/c1-8(9(10)12-3)4-5-13-7-6-11-2/h1,4-7H2,2-3H3. The van der Waals surface area contributed by atoms with Crippen LogP contribution >= 0.6 is 0 Å². The van der Waals surface area contributed by atoms with E-state index in [-0.39, 0.29) is 5.97 Å². The predicted molar refractivity (Wildman–Crippen MR) is 48.5 cm³/mol. The van der Waals surface area contributed by atoms with Gasteiger partial charge in [0.1, 0.15) is 0 Å². The molecule has 0 rings (SSSR count). The van der Waals surface area contributed by atoms with Crippen molar-refractivity contribution in [2.24, 2.45) is 0 Å². The molecule has 0 amide bonds. The topological polar surface area (TPSA) is 44.8 Å². The molecule has 4 nitrogen and oxygen atoms in total. The van der Waals surface area contributed by atoms with Gasteiger partial charge in [-0.25, -0.2) is 4.79 Å². The number of esters is 1. The first-order chi connectivity index (χ1) is 6.22. The lowest BCUT2D eigenvalue weighted by molar-refractivity contribution is -0.136. The maximum absolute atomic E-state index is 10.8. The zero-order valence-corrected chi connectivity index (χ0v) is 8.17. The van der Waals surface area contributed by atoms with Gasteiger partial charge in [0.15, 0.2) is 0 Å². The highest BCUT2D eigenvalue weighted by Crippen LogP contribution is 2.00. The molecule has 0 aromatic rings. The summed E-state index contributed by atoms with van der Waals surface area (Å²) in [5, 5.41) is 0. The summed E-state index contributed by atoms with van der Waals surface area (Å²) in [5.74, 6) is -0.379. The van der Waals surface area contributed by atoms with E-state index < -0.39 is 0 Å². The lowest BCUT2D eigenvalue weighted by Gasteiger charge is -2.04. The number of hydrogen-bond donors (Lipinski definition) is 0. The third-order valence-corrected chi connectivity index (χ3v) is 1.45. The normalized spacial score (nSPS) is 9.69. The lowest BCUT2D eigenvalue weighted by Crippen LogP contribution is -2.08. The number of ether oxygens (including phenoxy) is 3. The van der Waals surface area contributed by atoms with Crippen molar-refractivity contribution in [1.29, 1.82) is 0 Å². The average molecular weight is 188 g/mol. The van der Waals surface area contributed by atoms with Gasteiger partial charge in [-0.15, -0.1) is 0 Å². The Morgan fingerprint density at radius 2 is 1.92 bits per heavy atom. The smallest absolute Gasteiger partial charge is 0.333 e. The Labute approximate surface area is 78.5 Å². The summed E-state index contributed by atoms with van der Waals surface area (Å²) in [6.07, 6.45) is 0.496. The van der Waals surface area contributed by atoms with Crippen molar-refractivity contribution < 1.29 is 19.0 Å². The van der Waals surface area contributed by atoms with Crippen LogP contribution < -0.4 is 0 Å². The van der Waals surface area contributed by atoms with Gasteiger partial charge in [0.05, 0.1) is 26.9 Å². The van der Waals surface area contributed by atoms with Crippen molar-refractivity contribution in [2.45, 2.75) is 6.42 Å². The molecule has 0 spiro atoms. The summed E-state index contributed by atoms with van der Waals surface area (Å²) in [4.78, 5) is 10.8. The molecule has 0 fully saturated rings. The molecule has 0 heterocycles. The van der Waals surface area contributed by atoms with Crippen molar-refractivity contribution in [3.05, 3.63) is 12.2 Å². The third-order valence-electron chi connectivity index (χ3n) is 1.45. The highest BCUT2D eigenvalue weighted by Gasteiger charge is 2.05. The molecule has 4 heteroatoms. The Hall–Kier alpha value is -0.870. The van der Waals surface area contributed by atoms with E-state index in [0.29, 0.717) is 31.8 Å². The van der Waals surface area contributed by atoms with Gasteiger partial charge in [-0.2, -0.15) is 0 Å². The highest BCUT2D eigenvalue weighted by atomic mass is 16.5. The minimum absolute atomic E-state index is 0.379. The van der Waals surface area contributed by atoms with Crippen molar-refractivity contribution in [3.63, 3.8) is 0 Å². The van der Waals surface area contributed by atoms with Crippen molar-refractivity contribution in [1.82, 2.24) is 0 Å². The molecule has 0 saturated carbocycles. The highest BCUT2D eigenvalue weighted by molar-refractivity contribution is 5.87. The summed E-state index contributed by atoms with van der Waals surface area (Å²) >= 11 is 0. The van der Waals surface area contributed by atoms with E-state index in [0.717, 1.165) is 0 Å². The SMILES string of the molecule is C=C(CCOCCOC)C(=O)OC. The van der Waals surface area contributed by atoms with Crippen molar-refractivity contribution >= 4 is 5.97 Å². The number of methoxy groups -OCH3 is 2. The van der Waals surface area contributed by atoms with Gasteiger partial charge >= 0.3 is 5.97 Å². The molecule has 76 valence electrons. The number of carbonyl (C=O) groups is 1. The first-order valence-electron chi connectivity index (χ1n) is 4.05. The van der Waals surface area contributed by atoms with Crippen LogP contribution in [0, 0.1) is 0 Å². The van der Waals surface area contributed by atoms with E-state index in [1.807, 2.05) is 0 Å². The van der Waals surface area contributed by atoms with Crippen LogP contribution in [0.4, 0.5) is 0 Å². The minimum Gasteiger partial charge on any atom is -0.466 e. The Kier molecular flexibility index (Phi) is 7.24. The summed E-state index contributed by atoms with van der Waals surface area (Å²) in [6, 6.07) is 0. The van der Waals surface area contributed by atoms with E-state index in [4.69, 9.17) is 9.47 Å². The first kappa shape index (κ1) is 12.1. The van der Waals surface area contributed by atoms with Crippen LogP contribution in [0.25, 0.3) is 0 Å². The van der Waals surface area contributed by atoms with Gasteiger partial charge < -0.3 is 14.2 Å². The van der Waals surface area contributed by atoms with E-state index in [9.17, 15) is 4.79 Å². The minimum atomic E-state index is -0.379. The zero-order valence-electron chi connectivity index (χ0n) is 8.17. The summed E-state index contributed by atoms with van der Waals surface area (Å²) < 4.78 is 14.4. The van der Waals surface area contributed by atoms with Crippen LogP contribution in [0.15, 0.2) is 12.2 Å². The fourth-order valence-corrected chi connectivity index (χ4v) is 0.686. The van der Waals surface area contributed by atoms with Crippen LogP contribution in [-0.4, -0.2) is 40.0 Å². The second-order valence-electron chi connectivity index (χ2n) is 2.45. The molecule has 0 unspecified atom stereocenters. The molecular formula is C9H16O4. The Balaban J connectivity index is 3.32. The Morgan fingerprint density at radius 1 is 1.23 bits per heavy atom. The molecule has 0 aromatic carbocycles. The van der Waals surface area contributed by atoms with E-state index in [1.54, 1.807) is 7.11 Å². The molecule has 0 atom stereocenters. The van der Waals surface area contributed by atoms with Gasteiger partial charge in [0.25, 0.3) is 0 Å². The van der Waals surface area contributed by atoms with Crippen molar-refractivity contribution in [2.75, 3.05) is 34.0 Å². The van der Waals surface area contributed by atoms with Crippen LogP contribution in [-0.2, 0) is 19.0 Å². The first-order valence-corrected chi connectivity index (χ1v) is 4.05. The molecule has 13 heavy (non-hydrogen) atoms. The molecule has 0 radical (unpaired) electrons. The second-order valence-corrected chi connectivity index (χ2v) is 2.45. The maximum Gasteiger partial charge on any atom is 0.333 e. The monoisotopic (exact) mass is 188 g/mol. The van der Waals surface area contributed by atoms with Gasteiger partial charge in [0, 0.05) is 19.1 Å². The predicted octanol–water partition coefficient (Wildman–Crippen LogP) is 0.769. The molecule has 0 aromatic heterocycles. The number of hydrogen-bond acceptors (Lipinski definition) is 4. The molecule has 0 aliphatic heterocycles. The van der Waals surface area contributed by atoms with E-state index in [1.165, 1.54) is 7.11 Å². The molecule has 0 aliphatic rings. The molecule has 0 N–H and O–H groups in total. The van der Waals surface area contributed by atoms with Crippen molar-refractivity contribution in [3.8, 4) is 0 Å². The molecule has 0 aliphatic carbocycles. The van der Waals surface area contributed by atoms with Crippen LogP contribution in [0.3, 0.4) is 0 Å². The fraction of sp³-hybridized carbons (Fsp3) is 0.667. The van der Waals surface area contributed by atoms with Gasteiger partial charge in [0.2, 0.25) is 0 Å². The Bertz CT molecular complexity index is 165. The van der Waals surface area contributed by atoms with Crippen LogP contribution in [0.5, 0.6) is 0 Å². The number of rotatable bonds is 7. The maximum atomic E-state index is 10.8. The van der Waals surface area contributed by atoms with Gasteiger partial charge in [-0.1, -0.05) is 6.58 Å². The summed E-state index contributed by atoms with van der Waals surface area (Å²) in [6.45, 7) is 5.12. The third kappa shape index (κ3) is 6.31. The van der Waals surface area contributed by atoms with Crippen LogP contribution in [0.2, 0.25) is 0 Å². The lowest BCUT2D eigenvalue weighted by atomic mass is 10.2. The van der Waals surface area contributed by atoms with Crippen LogP contribution in [0.1, 0.15) is 6.42 Å². The largest absolute Gasteiger partial charge is 0.466 e. The zero-order chi connectivity index (χ0) is 10.1. The quantitative estimate of drug-likeness (QED) is 0.336. The Morgan fingerprint density at radius 3 is 2.46 bits per heavy atom. The second kappa shape index (κ2) is 7.76. The van der Waals surface area contributed by atoms with E-state index in [2.05, 4.69) is 11.3 Å². The molecule has 0 saturated heterocycles. The van der Waals surface area contributed by atoms with Gasteiger partial charge in [-0.3, -0.25) is 0 Å².